The molecule has 2 aromatic carbocycles. The van der Waals surface area contributed by atoms with Crippen LogP contribution in [0.2, 0.25) is 5.02 Å². The number of hydrogen-bond donors (Lipinski definition) is 2. The van der Waals surface area contributed by atoms with Crippen LogP contribution in [0.3, 0.4) is 0 Å². The summed E-state index contributed by atoms with van der Waals surface area (Å²) >= 11 is 8.04. The maximum absolute atomic E-state index is 17.4. The molecule has 3 aromatic heterocycles. The van der Waals surface area contributed by atoms with Gasteiger partial charge in [0.1, 0.15) is 52.9 Å². The molecular weight excluding hydrogens is 701 g/mol. The topological polar surface area (TPSA) is 139 Å². The first-order valence-electron chi connectivity index (χ1n) is 16.7. The average Bonchev–Trinajstić information content (AvgIpc) is 3.73. The number of pyridine rings is 1. The molecule has 4 N–H and O–H groups in total. The van der Waals surface area contributed by atoms with Crippen molar-refractivity contribution in [2.24, 2.45) is 0 Å². The summed E-state index contributed by atoms with van der Waals surface area (Å²) < 4.78 is 60.2. The Labute approximate surface area is 300 Å². The molecule has 5 atom stereocenters. The molecule has 0 bridgehead atoms. The van der Waals surface area contributed by atoms with Crippen LogP contribution in [0.15, 0.2) is 30.5 Å². The van der Waals surface area contributed by atoms with Crippen LogP contribution >= 0.6 is 22.9 Å². The zero-order valence-corrected chi connectivity index (χ0v) is 29.6. The minimum Gasteiger partial charge on any atom is -0.486 e. The molecule has 0 aliphatic carbocycles. The van der Waals surface area contributed by atoms with Gasteiger partial charge in [-0.1, -0.05) is 23.7 Å². The highest BCUT2D eigenvalue weighted by Crippen LogP contribution is 2.52. The molecule has 5 aromatic rings. The van der Waals surface area contributed by atoms with Gasteiger partial charge in [-0.05, 0) is 57.9 Å². The van der Waals surface area contributed by atoms with Crippen molar-refractivity contribution >= 4 is 60.6 Å². The predicted octanol–water partition coefficient (Wildman–Crippen LogP) is 7.57. The SMILES string of the molecule is CC1Oc2c(Cl)c(-c3ccc(F)c4sc(N)c(C#N)c34)c(F)c3nc(OC[C@@]45CCCN4C[C@H](F)C5)nc(c23)N(C(C)c2cccnc2N)C1C. The summed E-state index contributed by atoms with van der Waals surface area (Å²) in [4.78, 5) is 17.9. The number of rotatable bonds is 6. The summed E-state index contributed by atoms with van der Waals surface area (Å²) in [6.07, 6.45) is 2.08. The van der Waals surface area contributed by atoms with Crippen LogP contribution in [0.4, 0.5) is 29.8 Å². The van der Waals surface area contributed by atoms with Crippen molar-refractivity contribution in [3.8, 4) is 29.0 Å². The Balaban J connectivity index is 1.39. The quantitative estimate of drug-likeness (QED) is 0.180. The van der Waals surface area contributed by atoms with Crippen molar-refractivity contribution in [3.63, 3.8) is 0 Å². The number of hydrogen-bond acceptors (Lipinski definition) is 11. The Morgan fingerprint density at radius 3 is 2.78 bits per heavy atom. The van der Waals surface area contributed by atoms with Crippen LogP contribution in [0.25, 0.3) is 32.1 Å². The lowest BCUT2D eigenvalue weighted by Gasteiger charge is -2.37. The number of nitrogens with zero attached hydrogens (tertiary/aromatic N) is 6. The average molecular weight is 735 g/mol. The monoisotopic (exact) mass is 734 g/mol. The summed E-state index contributed by atoms with van der Waals surface area (Å²) in [5, 5.41) is 10.3. The van der Waals surface area contributed by atoms with Crippen LogP contribution in [0, 0.1) is 23.0 Å². The van der Waals surface area contributed by atoms with Crippen LogP contribution in [-0.4, -0.2) is 63.4 Å². The lowest BCUT2D eigenvalue weighted by molar-refractivity contribution is 0.107. The minimum absolute atomic E-state index is 0.0124. The number of aromatic nitrogens is 3. The number of thiophene rings is 1. The molecule has 264 valence electrons. The molecule has 0 amide bonds. The maximum atomic E-state index is 17.4. The van der Waals surface area contributed by atoms with Crippen LogP contribution in [-0.2, 0) is 0 Å². The van der Waals surface area contributed by atoms with E-state index in [2.05, 4.69) is 14.9 Å². The van der Waals surface area contributed by atoms with Crippen molar-refractivity contribution in [3.05, 3.63) is 58.2 Å². The van der Waals surface area contributed by atoms with E-state index in [1.807, 2.05) is 37.8 Å². The highest BCUT2D eigenvalue weighted by Gasteiger charge is 2.49. The van der Waals surface area contributed by atoms with Gasteiger partial charge in [-0.15, -0.1) is 11.3 Å². The molecule has 3 aliphatic rings. The second-order valence-electron chi connectivity index (χ2n) is 13.6. The van der Waals surface area contributed by atoms with Crippen LogP contribution < -0.4 is 25.8 Å². The number of nitrogens with two attached hydrogens (primary N) is 2. The molecular formula is C36H34ClF3N8O2S. The van der Waals surface area contributed by atoms with Gasteiger partial charge >= 0.3 is 6.01 Å². The normalized spacial score (nSPS) is 23.6. The molecule has 0 saturated carbocycles. The van der Waals surface area contributed by atoms with Crippen molar-refractivity contribution in [1.82, 2.24) is 19.9 Å². The van der Waals surface area contributed by atoms with Crippen molar-refractivity contribution in [1.29, 1.82) is 5.26 Å². The van der Waals surface area contributed by atoms with Gasteiger partial charge in [0.05, 0.1) is 38.3 Å². The molecule has 15 heteroatoms. The smallest absolute Gasteiger partial charge is 0.319 e. The number of nitriles is 1. The largest absolute Gasteiger partial charge is 0.486 e. The Hall–Kier alpha value is -4.58. The number of ether oxygens (including phenoxy) is 2. The van der Waals surface area contributed by atoms with Crippen molar-refractivity contribution < 1.29 is 22.6 Å². The van der Waals surface area contributed by atoms with Gasteiger partial charge < -0.3 is 25.8 Å². The Kier molecular flexibility index (Phi) is 8.08. The summed E-state index contributed by atoms with van der Waals surface area (Å²) in [6.45, 7) is 6.97. The van der Waals surface area contributed by atoms with E-state index in [4.69, 9.17) is 37.5 Å². The van der Waals surface area contributed by atoms with Gasteiger partial charge in [-0.2, -0.15) is 15.2 Å². The van der Waals surface area contributed by atoms with E-state index >= 15 is 8.78 Å². The lowest BCUT2D eigenvalue weighted by Crippen LogP contribution is -2.44. The lowest BCUT2D eigenvalue weighted by atomic mass is 9.95. The summed E-state index contributed by atoms with van der Waals surface area (Å²) in [5.74, 6) is -0.722. The third kappa shape index (κ3) is 5.11. The molecule has 8 rings (SSSR count). The number of alkyl halides is 1. The Bertz CT molecular complexity index is 2280. The van der Waals surface area contributed by atoms with E-state index in [1.54, 1.807) is 12.3 Å². The first-order chi connectivity index (χ1) is 24.4. The van der Waals surface area contributed by atoms with E-state index in [9.17, 15) is 9.65 Å². The zero-order valence-electron chi connectivity index (χ0n) is 28.0. The highest BCUT2D eigenvalue weighted by atomic mass is 35.5. The standard InChI is InChI=1S/C36H34ClF3N8O2S/c1-16-18(3)50-30-26-29(28(40)25(27(30)37)21-7-8-23(39)31-24(21)22(13-41)33(43)51-31)45-35(49-15-36-9-5-11-47(36)14-19(38)12-36)46-34(26)48(16)17(2)20-6-4-10-44-32(20)42/h4,6-8,10,16-19H,5,9,11-12,14-15,43H2,1-3H3,(H2,42,44)/t16?,17?,18?,19-,36+/m1/s1. The van der Waals surface area contributed by atoms with Crippen LogP contribution in [0.5, 0.6) is 11.8 Å². The van der Waals surface area contributed by atoms with Crippen molar-refractivity contribution in [2.45, 2.75) is 69.9 Å². The van der Waals surface area contributed by atoms with E-state index < -0.39 is 35.5 Å². The number of halogens is 4. The molecule has 2 saturated heterocycles. The third-order valence-electron chi connectivity index (χ3n) is 10.8. The Morgan fingerprint density at radius 1 is 1.22 bits per heavy atom. The van der Waals surface area contributed by atoms with Gasteiger partial charge in [-0.25, -0.2) is 18.2 Å². The van der Waals surface area contributed by atoms with E-state index in [-0.39, 0.29) is 72.1 Å². The van der Waals surface area contributed by atoms with Gasteiger partial charge in [0.25, 0.3) is 0 Å². The number of benzene rings is 2. The van der Waals surface area contributed by atoms with E-state index in [1.165, 1.54) is 12.1 Å². The minimum atomic E-state index is -0.974. The van der Waals surface area contributed by atoms with E-state index in [0.29, 0.717) is 30.2 Å². The van der Waals surface area contributed by atoms with Gasteiger partial charge in [0.15, 0.2) is 11.6 Å². The number of fused-ring (bicyclic) bond motifs is 2. The fourth-order valence-electron chi connectivity index (χ4n) is 8.16. The first kappa shape index (κ1) is 33.6. The third-order valence-corrected chi connectivity index (χ3v) is 12.2. The molecule has 6 heterocycles. The number of anilines is 3. The summed E-state index contributed by atoms with van der Waals surface area (Å²) in [6, 6.07) is 7.32. The maximum Gasteiger partial charge on any atom is 0.319 e. The first-order valence-corrected chi connectivity index (χ1v) is 17.9. The second-order valence-corrected chi connectivity index (χ2v) is 15.1. The predicted molar refractivity (Wildman–Crippen MR) is 192 cm³/mol. The molecule has 2 fully saturated rings. The zero-order chi connectivity index (χ0) is 35.9. The summed E-state index contributed by atoms with van der Waals surface area (Å²) in [5.41, 5.74) is 12.6. The van der Waals surface area contributed by atoms with Gasteiger partial charge in [0, 0.05) is 35.7 Å². The van der Waals surface area contributed by atoms with Crippen LogP contribution in [0.1, 0.15) is 57.2 Å². The Morgan fingerprint density at radius 2 is 2.02 bits per heavy atom. The van der Waals surface area contributed by atoms with Gasteiger partial charge in [-0.3, -0.25) is 4.90 Å². The highest BCUT2D eigenvalue weighted by molar-refractivity contribution is 7.23. The van der Waals surface area contributed by atoms with Crippen molar-refractivity contribution in [2.75, 3.05) is 36.1 Å². The van der Waals surface area contributed by atoms with E-state index in [0.717, 1.165) is 30.7 Å². The summed E-state index contributed by atoms with van der Waals surface area (Å²) in [7, 11) is 0. The van der Waals surface area contributed by atoms with Gasteiger partial charge in [0.2, 0.25) is 0 Å². The fourth-order valence-corrected chi connectivity index (χ4v) is 9.44. The molecule has 0 radical (unpaired) electrons. The molecule has 0 spiro atoms. The molecule has 3 aliphatic heterocycles. The molecule has 3 unspecified atom stereocenters. The molecule has 51 heavy (non-hydrogen) atoms. The number of nitrogen functional groups attached to an aromatic ring is 2. The molecule has 10 nitrogen and oxygen atoms in total. The fraction of sp³-hybridized carbons (Fsp3) is 0.389. The second kappa shape index (κ2) is 12.3.